The Labute approximate surface area is 127 Å². The highest BCUT2D eigenvalue weighted by Gasteiger charge is 2.28. The third-order valence-corrected chi connectivity index (χ3v) is 6.19. The van der Waals surface area contributed by atoms with E-state index < -0.39 is 9.84 Å². The Kier molecular flexibility index (Phi) is 5.09. The summed E-state index contributed by atoms with van der Waals surface area (Å²) in [5.41, 5.74) is 1.71. The molecule has 1 aliphatic heterocycles. The number of hydrogen-bond donors (Lipinski definition) is 0. The first-order valence-electron chi connectivity index (χ1n) is 7.73. The lowest BCUT2D eigenvalue weighted by molar-refractivity contribution is 0.0943. The zero-order valence-electron chi connectivity index (χ0n) is 13.4. The molecule has 1 aliphatic rings. The van der Waals surface area contributed by atoms with Crippen LogP contribution in [0.25, 0.3) is 0 Å². The zero-order valence-corrected chi connectivity index (χ0v) is 14.2. The lowest BCUT2D eigenvalue weighted by atomic mass is 10.2. The van der Waals surface area contributed by atoms with E-state index >= 15 is 0 Å². The van der Waals surface area contributed by atoms with Crippen LogP contribution in [0, 0.1) is 19.8 Å². The number of nitrogens with zero attached hydrogens (tertiary/aromatic N) is 2. The molecule has 2 atom stereocenters. The minimum absolute atomic E-state index is 0.106. The Balaban J connectivity index is 2.32. The molecule has 1 saturated heterocycles. The number of aryl methyl sites for hydroxylation is 1. The summed E-state index contributed by atoms with van der Waals surface area (Å²) in [6.07, 6.45) is 2.99. The summed E-state index contributed by atoms with van der Waals surface area (Å²) >= 11 is 0. The van der Waals surface area contributed by atoms with Crippen molar-refractivity contribution in [2.24, 2.45) is 5.92 Å². The van der Waals surface area contributed by atoms with Crippen LogP contribution in [0.15, 0.2) is 5.16 Å². The number of imidazole rings is 1. The second-order valence-electron chi connectivity index (χ2n) is 6.11. The van der Waals surface area contributed by atoms with Gasteiger partial charge in [0, 0.05) is 12.3 Å². The van der Waals surface area contributed by atoms with Crippen LogP contribution in [0.5, 0.6) is 0 Å². The largest absolute Gasteiger partial charge is 0.376 e. The van der Waals surface area contributed by atoms with Gasteiger partial charge in [0.2, 0.25) is 15.0 Å². The standard InChI is InChI=1S/C15H26N2O3S/c1-5-11(2)10-21(18,19)15-16-12(3)13(4)17(15)9-14-7-6-8-20-14/h11,14H,5-10H2,1-4H3. The summed E-state index contributed by atoms with van der Waals surface area (Å²) < 4.78 is 32.8. The second-order valence-corrected chi connectivity index (χ2v) is 8.03. The van der Waals surface area contributed by atoms with Crippen molar-refractivity contribution in [1.82, 2.24) is 9.55 Å². The number of aromatic nitrogens is 2. The number of rotatable bonds is 6. The average molecular weight is 314 g/mol. The van der Waals surface area contributed by atoms with Gasteiger partial charge in [-0.15, -0.1) is 0 Å². The van der Waals surface area contributed by atoms with E-state index in [-0.39, 0.29) is 22.9 Å². The van der Waals surface area contributed by atoms with Gasteiger partial charge in [-0.2, -0.15) is 0 Å². The van der Waals surface area contributed by atoms with Crippen LogP contribution in [0.1, 0.15) is 44.5 Å². The SMILES string of the molecule is CCC(C)CS(=O)(=O)c1nc(C)c(C)n1CC1CCCO1. The first kappa shape index (κ1) is 16.5. The molecule has 0 bridgehead atoms. The molecule has 0 spiro atoms. The normalized spacial score (nSPS) is 20.9. The molecule has 1 aromatic rings. The van der Waals surface area contributed by atoms with Crippen molar-refractivity contribution in [3.63, 3.8) is 0 Å². The molecule has 0 aliphatic carbocycles. The highest BCUT2D eigenvalue weighted by Crippen LogP contribution is 2.22. The van der Waals surface area contributed by atoms with Gasteiger partial charge in [0.05, 0.1) is 24.1 Å². The maximum absolute atomic E-state index is 12.6. The van der Waals surface area contributed by atoms with Crippen molar-refractivity contribution in [3.8, 4) is 0 Å². The summed E-state index contributed by atoms with van der Waals surface area (Å²) in [4.78, 5) is 4.33. The average Bonchev–Trinajstić information content (AvgIpc) is 3.02. The van der Waals surface area contributed by atoms with Gasteiger partial charge in [-0.25, -0.2) is 13.4 Å². The quantitative estimate of drug-likeness (QED) is 0.809. The van der Waals surface area contributed by atoms with E-state index in [4.69, 9.17) is 4.74 Å². The Morgan fingerprint density at radius 1 is 1.43 bits per heavy atom. The summed E-state index contributed by atoms with van der Waals surface area (Å²) in [6.45, 7) is 9.12. The van der Waals surface area contributed by atoms with Crippen molar-refractivity contribution < 1.29 is 13.2 Å². The van der Waals surface area contributed by atoms with Crippen LogP contribution in [0.2, 0.25) is 0 Å². The Morgan fingerprint density at radius 2 is 2.14 bits per heavy atom. The molecule has 2 heterocycles. The third kappa shape index (κ3) is 3.66. The molecule has 2 rings (SSSR count). The number of ether oxygens (including phenoxy) is 1. The summed E-state index contributed by atoms with van der Waals surface area (Å²) in [5, 5.41) is 0.216. The van der Waals surface area contributed by atoms with Gasteiger partial charge in [-0.05, 0) is 32.6 Å². The minimum Gasteiger partial charge on any atom is -0.376 e. The van der Waals surface area contributed by atoms with Crippen LogP contribution in [0.3, 0.4) is 0 Å². The van der Waals surface area contributed by atoms with E-state index in [0.717, 1.165) is 37.3 Å². The predicted molar refractivity (Wildman–Crippen MR) is 82.2 cm³/mol. The summed E-state index contributed by atoms with van der Waals surface area (Å²) in [5.74, 6) is 0.300. The van der Waals surface area contributed by atoms with Crippen molar-refractivity contribution in [1.29, 1.82) is 0 Å². The number of sulfone groups is 1. The van der Waals surface area contributed by atoms with E-state index in [1.54, 1.807) is 0 Å². The molecular weight excluding hydrogens is 288 g/mol. The van der Waals surface area contributed by atoms with E-state index in [0.29, 0.717) is 6.54 Å². The fraction of sp³-hybridized carbons (Fsp3) is 0.800. The molecule has 1 fully saturated rings. The Hall–Kier alpha value is -0.880. The van der Waals surface area contributed by atoms with E-state index in [1.165, 1.54) is 0 Å². The number of hydrogen-bond acceptors (Lipinski definition) is 4. The zero-order chi connectivity index (χ0) is 15.6. The minimum atomic E-state index is -3.35. The van der Waals surface area contributed by atoms with Gasteiger partial charge in [0.25, 0.3) is 0 Å². The molecular formula is C15H26N2O3S. The van der Waals surface area contributed by atoms with E-state index in [2.05, 4.69) is 4.98 Å². The van der Waals surface area contributed by atoms with Gasteiger partial charge >= 0.3 is 0 Å². The highest BCUT2D eigenvalue weighted by atomic mass is 32.2. The maximum Gasteiger partial charge on any atom is 0.228 e. The van der Waals surface area contributed by atoms with Gasteiger partial charge in [-0.1, -0.05) is 20.3 Å². The lowest BCUT2D eigenvalue weighted by Gasteiger charge is -2.16. The first-order chi connectivity index (χ1) is 9.85. The van der Waals surface area contributed by atoms with E-state index in [9.17, 15) is 8.42 Å². The predicted octanol–water partition coefficient (Wildman–Crippen LogP) is 2.50. The van der Waals surface area contributed by atoms with Crippen LogP contribution < -0.4 is 0 Å². The Morgan fingerprint density at radius 3 is 2.71 bits per heavy atom. The van der Waals surface area contributed by atoms with Crippen LogP contribution in [-0.2, 0) is 21.1 Å². The molecule has 0 aromatic carbocycles. The molecule has 21 heavy (non-hydrogen) atoms. The summed E-state index contributed by atoms with van der Waals surface area (Å²) in [7, 11) is -3.35. The van der Waals surface area contributed by atoms with Gasteiger partial charge in [0.1, 0.15) is 0 Å². The third-order valence-electron chi connectivity index (χ3n) is 4.31. The van der Waals surface area contributed by atoms with Crippen LogP contribution in [-0.4, -0.2) is 36.4 Å². The van der Waals surface area contributed by atoms with Crippen molar-refractivity contribution in [2.75, 3.05) is 12.4 Å². The maximum atomic E-state index is 12.6. The summed E-state index contributed by atoms with van der Waals surface area (Å²) in [6, 6.07) is 0. The second kappa shape index (κ2) is 6.48. The lowest BCUT2D eigenvalue weighted by Crippen LogP contribution is -2.23. The molecule has 2 unspecified atom stereocenters. The fourth-order valence-electron chi connectivity index (χ4n) is 2.63. The first-order valence-corrected chi connectivity index (χ1v) is 9.38. The topological polar surface area (TPSA) is 61.2 Å². The molecule has 6 heteroatoms. The fourth-order valence-corrected chi connectivity index (χ4v) is 4.59. The molecule has 0 radical (unpaired) electrons. The molecule has 5 nitrogen and oxygen atoms in total. The van der Waals surface area contributed by atoms with Crippen LogP contribution in [0.4, 0.5) is 0 Å². The monoisotopic (exact) mass is 314 g/mol. The smallest absolute Gasteiger partial charge is 0.228 e. The van der Waals surface area contributed by atoms with Crippen molar-refractivity contribution in [3.05, 3.63) is 11.4 Å². The van der Waals surface area contributed by atoms with Gasteiger partial charge < -0.3 is 9.30 Å². The van der Waals surface area contributed by atoms with Crippen molar-refractivity contribution in [2.45, 2.75) is 64.8 Å². The van der Waals surface area contributed by atoms with E-state index in [1.807, 2.05) is 32.3 Å². The molecule has 120 valence electrons. The molecule has 0 amide bonds. The molecule has 0 N–H and O–H groups in total. The molecule has 1 aromatic heterocycles. The molecule has 0 saturated carbocycles. The van der Waals surface area contributed by atoms with Gasteiger partial charge in [-0.3, -0.25) is 0 Å². The van der Waals surface area contributed by atoms with Crippen molar-refractivity contribution >= 4 is 9.84 Å². The van der Waals surface area contributed by atoms with Crippen LogP contribution >= 0.6 is 0 Å². The Bertz CT molecular complexity index is 586. The van der Waals surface area contributed by atoms with Gasteiger partial charge in [0.15, 0.2) is 0 Å². The highest BCUT2D eigenvalue weighted by molar-refractivity contribution is 7.91.